The minimum Gasteiger partial charge on any atom is -0.496 e. The molecule has 0 aliphatic carbocycles. The maximum atomic E-state index is 11.9. The molecule has 0 spiro atoms. The van der Waals surface area contributed by atoms with E-state index in [0.29, 0.717) is 6.54 Å². The number of ether oxygens (including phenoxy) is 1. The lowest BCUT2D eigenvalue weighted by Crippen LogP contribution is -2.31. The van der Waals surface area contributed by atoms with E-state index in [4.69, 9.17) is 4.74 Å². The lowest BCUT2D eigenvalue weighted by Gasteiger charge is -2.10. The zero-order valence-electron chi connectivity index (χ0n) is 12.4. The molecule has 0 unspecified atom stereocenters. The summed E-state index contributed by atoms with van der Waals surface area (Å²) in [6, 6.07) is 15.5. The van der Waals surface area contributed by atoms with Crippen LogP contribution in [-0.4, -0.2) is 26.1 Å². The van der Waals surface area contributed by atoms with Crippen molar-refractivity contribution in [2.24, 2.45) is 0 Å². The summed E-state index contributed by atoms with van der Waals surface area (Å²) < 4.78 is 6.23. The Hall–Kier alpha value is -2.01. The van der Waals surface area contributed by atoms with Gasteiger partial charge in [0.15, 0.2) is 0 Å². The number of amides is 1. The van der Waals surface area contributed by atoms with E-state index in [2.05, 4.69) is 26.6 Å². The Bertz CT molecular complexity index is 632. The van der Waals surface area contributed by atoms with Crippen molar-refractivity contribution < 1.29 is 9.53 Å². The molecule has 1 amide bonds. The van der Waals surface area contributed by atoms with Gasteiger partial charge in [0.2, 0.25) is 5.91 Å². The lowest BCUT2D eigenvalue weighted by atomic mass is 10.1. The van der Waals surface area contributed by atoms with Crippen molar-refractivity contribution in [1.82, 2.24) is 5.32 Å². The Balaban J connectivity index is 1.75. The first-order valence-corrected chi connectivity index (χ1v) is 7.87. The Morgan fingerprint density at radius 2 is 1.86 bits per heavy atom. The van der Waals surface area contributed by atoms with Gasteiger partial charge in [0, 0.05) is 16.7 Å². The van der Waals surface area contributed by atoms with Gasteiger partial charge in [0.25, 0.3) is 0 Å². The van der Waals surface area contributed by atoms with Crippen LogP contribution in [0.25, 0.3) is 0 Å². The summed E-state index contributed by atoms with van der Waals surface area (Å²) in [6.07, 6.45) is 0.741. The van der Waals surface area contributed by atoms with Crippen LogP contribution < -0.4 is 15.4 Å². The molecule has 0 fully saturated rings. The summed E-state index contributed by atoms with van der Waals surface area (Å²) in [5.74, 6) is 0.814. The summed E-state index contributed by atoms with van der Waals surface area (Å²) in [7, 11) is 1.65. The molecule has 0 aliphatic rings. The summed E-state index contributed by atoms with van der Waals surface area (Å²) in [4.78, 5) is 11.9. The second-order valence-corrected chi connectivity index (χ2v) is 5.60. The van der Waals surface area contributed by atoms with E-state index < -0.39 is 0 Å². The molecule has 0 radical (unpaired) electrons. The third kappa shape index (κ3) is 4.77. The van der Waals surface area contributed by atoms with Crippen molar-refractivity contribution in [2.75, 3.05) is 25.5 Å². The van der Waals surface area contributed by atoms with E-state index in [1.54, 1.807) is 7.11 Å². The smallest absolute Gasteiger partial charge is 0.239 e. The number of rotatable bonds is 7. The van der Waals surface area contributed by atoms with Crippen molar-refractivity contribution in [3.63, 3.8) is 0 Å². The molecular weight excluding hydrogens is 344 g/mol. The molecule has 2 aromatic rings. The summed E-state index contributed by atoms with van der Waals surface area (Å²) in [6.45, 7) is 0.825. The van der Waals surface area contributed by atoms with Gasteiger partial charge in [-0.05, 0) is 46.1 Å². The van der Waals surface area contributed by atoms with Crippen LogP contribution in [0.5, 0.6) is 5.75 Å². The molecule has 2 aromatic carbocycles. The highest BCUT2D eigenvalue weighted by molar-refractivity contribution is 9.10. The molecule has 2 N–H and O–H groups in total. The normalized spacial score (nSPS) is 10.1. The minimum absolute atomic E-state index is 0.0364. The number of halogens is 1. The van der Waals surface area contributed by atoms with Crippen LogP contribution >= 0.6 is 15.9 Å². The number of para-hydroxylation sites is 2. The first kappa shape index (κ1) is 16.4. The Morgan fingerprint density at radius 3 is 2.64 bits per heavy atom. The third-order valence-electron chi connectivity index (χ3n) is 3.22. The van der Waals surface area contributed by atoms with E-state index in [0.717, 1.165) is 27.9 Å². The zero-order chi connectivity index (χ0) is 15.8. The van der Waals surface area contributed by atoms with Crippen LogP contribution in [0.1, 0.15) is 5.56 Å². The van der Waals surface area contributed by atoms with Crippen LogP contribution in [0.2, 0.25) is 0 Å². The van der Waals surface area contributed by atoms with Gasteiger partial charge in [-0.3, -0.25) is 4.79 Å². The first-order chi connectivity index (χ1) is 10.7. The van der Waals surface area contributed by atoms with E-state index in [1.165, 1.54) is 0 Å². The van der Waals surface area contributed by atoms with Crippen molar-refractivity contribution in [3.05, 3.63) is 58.6 Å². The molecule has 0 saturated heterocycles. The fourth-order valence-corrected chi connectivity index (χ4v) is 2.51. The first-order valence-electron chi connectivity index (χ1n) is 7.07. The number of carbonyl (C=O) groups excluding carboxylic acids is 1. The molecular formula is C17H19BrN2O2. The van der Waals surface area contributed by atoms with Crippen molar-refractivity contribution in [2.45, 2.75) is 6.42 Å². The van der Waals surface area contributed by atoms with Crippen molar-refractivity contribution >= 4 is 27.5 Å². The average Bonchev–Trinajstić information content (AvgIpc) is 2.54. The Kier molecular flexibility index (Phi) is 6.27. The highest BCUT2D eigenvalue weighted by atomic mass is 79.9. The quantitative estimate of drug-likeness (QED) is 0.794. The number of benzene rings is 2. The Labute approximate surface area is 139 Å². The summed E-state index contributed by atoms with van der Waals surface area (Å²) in [5, 5.41) is 6.00. The lowest BCUT2D eigenvalue weighted by molar-refractivity contribution is -0.119. The standard InChI is InChI=1S/C17H19BrN2O2/c1-22-16-9-5-2-6-13(16)10-11-19-17(21)12-20-15-8-4-3-7-14(15)18/h2-9,20H,10-12H2,1H3,(H,19,21). The van der Waals surface area contributed by atoms with Crippen LogP contribution in [-0.2, 0) is 11.2 Å². The van der Waals surface area contributed by atoms with Crippen molar-refractivity contribution in [1.29, 1.82) is 0 Å². The number of nitrogens with one attached hydrogen (secondary N) is 2. The molecule has 0 aliphatic heterocycles. The van der Waals surface area contributed by atoms with Gasteiger partial charge < -0.3 is 15.4 Å². The predicted molar refractivity (Wildman–Crippen MR) is 92.3 cm³/mol. The van der Waals surface area contributed by atoms with Gasteiger partial charge in [0.05, 0.1) is 13.7 Å². The molecule has 0 aromatic heterocycles. The molecule has 0 saturated carbocycles. The monoisotopic (exact) mass is 362 g/mol. The third-order valence-corrected chi connectivity index (χ3v) is 3.91. The SMILES string of the molecule is COc1ccccc1CCNC(=O)CNc1ccccc1Br. The van der Waals surface area contributed by atoms with Gasteiger partial charge in [-0.2, -0.15) is 0 Å². The van der Waals surface area contributed by atoms with Crippen LogP contribution in [0.4, 0.5) is 5.69 Å². The molecule has 0 atom stereocenters. The molecule has 22 heavy (non-hydrogen) atoms. The number of anilines is 1. The fraction of sp³-hybridized carbons (Fsp3) is 0.235. The molecule has 4 nitrogen and oxygen atoms in total. The van der Waals surface area contributed by atoms with E-state index in [-0.39, 0.29) is 12.5 Å². The largest absolute Gasteiger partial charge is 0.496 e. The van der Waals surface area contributed by atoms with Gasteiger partial charge in [-0.1, -0.05) is 30.3 Å². The highest BCUT2D eigenvalue weighted by Gasteiger charge is 2.05. The second-order valence-electron chi connectivity index (χ2n) is 4.75. The molecule has 2 rings (SSSR count). The van der Waals surface area contributed by atoms with Gasteiger partial charge >= 0.3 is 0 Å². The summed E-state index contributed by atoms with van der Waals surface area (Å²) >= 11 is 3.44. The summed E-state index contributed by atoms with van der Waals surface area (Å²) in [5.41, 5.74) is 1.99. The van der Waals surface area contributed by atoms with Crippen LogP contribution in [0.3, 0.4) is 0 Å². The number of hydrogen-bond acceptors (Lipinski definition) is 3. The van der Waals surface area contributed by atoms with Crippen LogP contribution in [0.15, 0.2) is 53.0 Å². The van der Waals surface area contributed by atoms with Gasteiger partial charge in [-0.15, -0.1) is 0 Å². The molecule has 0 heterocycles. The second kappa shape index (κ2) is 8.44. The topological polar surface area (TPSA) is 50.4 Å². The zero-order valence-corrected chi connectivity index (χ0v) is 14.0. The maximum Gasteiger partial charge on any atom is 0.239 e. The molecule has 0 bridgehead atoms. The van der Waals surface area contributed by atoms with E-state index in [1.807, 2.05) is 48.5 Å². The van der Waals surface area contributed by atoms with E-state index >= 15 is 0 Å². The fourth-order valence-electron chi connectivity index (χ4n) is 2.09. The van der Waals surface area contributed by atoms with Crippen molar-refractivity contribution in [3.8, 4) is 5.75 Å². The van der Waals surface area contributed by atoms with Gasteiger partial charge in [0.1, 0.15) is 5.75 Å². The number of methoxy groups -OCH3 is 1. The Morgan fingerprint density at radius 1 is 1.14 bits per heavy atom. The number of carbonyl (C=O) groups is 1. The molecule has 116 valence electrons. The molecule has 5 heteroatoms. The predicted octanol–water partition coefficient (Wildman–Crippen LogP) is 3.23. The maximum absolute atomic E-state index is 11.9. The van der Waals surface area contributed by atoms with E-state index in [9.17, 15) is 4.79 Å². The average molecular weight is 363 g/mol. The minimum atomic E-state index is -0.0364. The highest BCUT2D eigenvalue weighted by Crippen LogP contribution is 2.20. The van der Waals surface area contributed by atoms with Gasteiger partial charge in [-0.25, -0.2) is 0 Å². The number of hydrogen-bond donors (Lipinski definition) is 2. The van der Waals surface area contributed by atoms with Crippen LogP contribution in [0, 0.1) is 0 Å².